The third kappa shape index (κ3) is 6.06. The fourth-order valence-corrected chi connectivity index (χ4v) is 5.06. The maximum absolute atomic E-state index is 15.0. The van der Waals surface area contributed by atoms with Gasteiger partial charge in [0.15, 0.2) is 0 Å². The number of benzene rings is 2. The van der Waals surface area contributed by atoms with Crippen molar-refractivity contribution in [2.75, 3.05) is 22.6 Å². The summed E-state index contributed by atoms with van der Waals surface area (Å²) in [5, 5.41) is 13.0. The second-order valence-electron chi connectivity index (χ2n) is 11.9. The van der Waals surface area contributed by atoms with E-state index in [2.05, 4.69) is 26.0 Å². The highest BCUT2D eigenvalue weighted by molar-refractivity contribution is 6.21. The van der Waals surface area contributed by atoms with Gasteiger partial charge in [0.2, 0.25) is 5.91 Å². The van der Waals surface area contributed by atoms with Crippen LogP contribution in [0.1, 0.15) is 41.0 Å². The molecule has 0 aliphatic carbocycles. The van der Waals surface area contributed by atoms with Crippen LogP contribution < -0.4 is 20.9 Å². The Labute approximate surface area is 249 Å². The van der Waals surface area contributed by atoms with Crippen molar-refractivity contribution in [3.8, 4) is 11.3 Å². The van der Waals surface area contributed by atoms with E-state index in [9.17, 15) is 18.4 Å². The van der Waals surface area contributed by atoms with Crippen molar-refractivity contribution in [1.29, 1.82) is 0 Å². The minimum absolute atomic E-state index is 0.0261. The lowest BCUT2D eigenvalue weighted by Crippen LogP contribution is -2.45. The summed E-state index contributed by atoms with van der Waals surface area (Å²) < 4.78 is 30.3. The summed E-state index contributed by atoms with van der Waals surface area (Å²) in [5.41, 5.74) is 2.95. The van der Waals surface area contributed by atoms with Crippen molar-refractivity contribution in [1.82, 2.24) is 15.1 Å². The van der Waals surface area contributed by atoms with Crippen LogP contribution in [0.25, 0.3) is 11.3 Å². The molecule has 5 rings (SSSR count). The van der Waals surface area contributed by atoms with Gasteiger partial charge in [-0.2, -0.15) is 5.10 Å². The second kappa shape index (κ2) is 11.5. The molecular weight excluding hydrogens is 552 g/mol. The first-order chi connectivity index (χ1) is 20.3. The van der Waals surface area contributed by atoms with Gasteiger partial charge in [-0.05, 0) is 87.2 Å². The van der Waals surface area contributed by atoms with Gasteiger partial charge in [0.1, 0.15) is 23.1 Å². The van der Waals surface area contributed by atoms with Crippen molar-refractivity contribution in [2.45, 2.75) is 46.6 Å². The number of amides is 3. The zero-order valence-corrected chi connectivity index (χ0v) is 25.0. The summed E-state index contributed by atoms with van der Waals surface area (Å²) in [7, 11) is 1.79. The number of rotatable bonds is 6. The van der Waals surface area contributed by atoms with Crippen LogP contribution >= 0.6 is 0 Å². The highest BCUT2D eigenvalue weighted by Crippen LogP contribution is 2.35. The van der Waals surface area contributed by atoms with Gasteiger partial charge in [0, 0.05) is 25.0 Å². The molecule has 0 radical (unpaired) electrons. The molecule has 9 nitrogen and oxygen atoms in total. The number of allylic oxidation sites excluding steroid dienone is 2. The predicted octanol–water partition coefficient (Wildman–Crippen LogP) is 6.64. The number of carbonyl (C=O) groups is 2. The van der Waals surface area contributed by atoms with E-state index in [0.717, 1.165) is 11.3 Å². The summed E-state index contributed by atoms with van der Waals surface area (Å²) in [6, 6.07) is 9.22. The van der Waals surface area contributed by atoms with Crippen molar-refractivity contribution < 1.29 is 18.4 Å². The molecule has 11 heteroatoms. The molecule has 224 valence electrons. The molecule has 0 spiro atoms. The Hall–Kier alpha value is -4.80. The lowest BCUT2D eigenvalue weighted by Gasteiger charge is -2.35. The molecular formula is C32H35F2N7O2. The minimum atomic E-state index is -0.706. The fraction of sp³-hybridized carbons (Fsp3) is 0.312. The van der Waals surface area contributed by atoms with E-state index in [1.54, 1.807) is 36.3 Å². The maximum Gasteiger partial charge on any atom is 0.323 e. The topological polar surface area (TPSA) is 104 Å². The Morgan fingerprint density at radius 2 is 1.74 bits per heavy atom. The van der Waals surface area contributed by atoms with Gasteiger partial charge >= 0.3 is 6.03 Å². The third-order valence-corrected chi connectivity index (χ3v) is 7.33. The number of hydrogen-bond acceptors (Lipinski definition) is 5. The molecule has 1 atom stereocenters. The number of hydrogen-bond donors (Lipinski definition) is 3. The third-order valence-electron chi connectivity index (χ3n) is 7.33. The fourth-order valence-electron chi connectivity index (χ4n) is 5.06. The standard InChI is InChI=1S/C32H35F2N7O2/c1-18(2)27-29-20(9-14-26(35-6)38-29)16-40(30(27)42)22-12-13-23(34)24(15-22)36-31(43)37-25-17-41(32(3,4)5)39-28(25)19-7-10-21(33)11-8-19/h7-8,10-18,27,35H,9H2,1-6H3,(H2,36,37,43). The van der Waals surface area contributed by atoms with Gasteiger partial charge < -0.3 is 16.0 Å². The van der Waals surface area contributed by atoms with Crippen molar-refractivity contribution >= 4 is 34.7 Å². The molecule has 3 N–H and O–H groups in total. The first-order valence-corrected chi connectivity index (χ1v) is 14.1. The largest absolute Gasteiger partial charge is 0.373 e. The number of aromatic nitrogens is 2. The smallest absolute Gasteiger partial charge is 0.323 e. The highest BCUT2D eigenvalue weighted by Gasteiger charge is 2.38. The number of halogens is 2. The first kappa shape index (κ1) is 29.7. The van der Waals surface area contributed by atoms with E-state index in [4.69, 9.17) is 0 Å². The molecule has 0 saturated carbocycles. The number of nitrogens with zero attached hydrogens (tertiary/aromatic N) is 4. The summed E-state index contributed by atoms with van der Waals surface area (Å²) in [4.78, 5) is 33.0. The average molecular weight is 588 g/mol. The molecule has 2 aliphatic rings. The molecule has 0 fully saturated rings. The van der Waals surface area contributed by atoms with Crippen molar-refractivity contribution in [3.05, 3.63) is 84.0 Å². The number of nitrogens with one attached hydrogen (secondary N) is 3. The zero-order chi connectivity index (χ0) is 31.1. The lowest BCUT2D eigenvalue weighted by molar-refractivity contribution is -0.121. The van der Waals surface area contributed by atoms with Crippen LogP contribution in [-0.4, -0.2) is 34.5 Å². The lowest BCUT2D eigenvalue weighted by atomic mass is 9.81. The Kier molecular flexibility index (Phi) is 7.92. The average Bonchev–Trinajstić information content (AvgIpc) is 3.38. The van der Waals surface area contributed by atoms with E-state index in [1.165, 1.54) is 35.2 Å². The van der Waals surface area contributed by atoms with Gasteiger partial charge in [-0.15, -0.1) is 0 Å². The molecule has 0 bridgehead atoms. The van der Waals surface area contributed by atoms with E-state index in [-0.39, 0.29) is 17.5 Å². The van der Waals surface area contributed by atoms with Crippen molar-refractivity contribution in [3.63, 3.8) is 0 Å². The van der Waals surface area contributed by atoms with Crippen LogP contribution in [0.4, 0.5) is 30.6 Å². The van der Waals surface area contributed by atoms with Gasteiger partial charge in [-0.25, -0.2) is 18.6 Å². The van der Waals surface area contributed by atoms with Gasteiger partial charge in [-0.1, -0.05) is 13.8 Å². The zero-order valence-electron chi connectivity index (χ0n) is 25.0. The number of urea groups is 1. The Morgan fingerprint density at radius 1 is 1.05 bits per heavy atom. The minimum Gasteiger partial charge on any atom is -0.373 e. The van der Waals surface area contributed by atoms with Crippen molar-refractivity contribution in [2.24, 2.45) is 16.8 Å². The van der Waals surface area contributed by atoms with Crippen LogP contribution in [0.3, 0.4) is 0 Å². The van der Waals surface area contributed by atoms with Crippen LogP contribution in [0.2, 0.25) is 0 Å². The van der Waals surface area contributed by atoms with E-state index >= 15 is 0 Å². The number of anilines is 3. The second-order valence-corrected chi connectivity index (χ2v) is 11.9. The van der Waals surface area contributed by atoms with Gasteiger partial charge in [-0.3, -0.25) is 14.4 Å². The molecule has 2 aromatic carbocycles. The van der Waals surface area contributed by atoms with Crippen LogP contribution in [-0.2, 0) is 10.3 Å². The quantitative estimate of drug-likeness (QED) is 0.301. The van der Waals surface area contributed by atoms with Crippen LogP contribution in [0, 0.1) is 23.5 Å². The number of carbonyl (C=O) groups excluding carboxylic acids is 2. The van der Waals surface area contributed by atoms with E-state index in [1.807, 2.05) is 40.7 Å². The van der Waals surface area contributed by atoms with E-state index in [0.29, 0.717) is 34.9 Å². The highest BCUT2D eigenvalue weighted by atomic mass is 19.1. The van der Waals surface area contributed by atoms with E-state index < -0.39 is 29.1 Å². The Bertz CT molecular complexity index is 1660. The van der Waals surface area contributed by atoms with Gasteiger partial charge in [0.05, 0.1) is 34.2 Å². The van der Waals surface area contributed by atoms with Crippen LogP contribution in [0.5, 0.6) is 0 Å². The number of aliphatic imine (C=N–C) groups is 1. The summed E-state index contributed by atoms with van der Waals surface area (Å²) in [6.07, 6.45) is 5.95. The first-order valence-electron chi connectivity index (χ1n) is 14.1. The molecule has 3 heterocycles. The molecule has 1 unspecified atom stereocenters. The molecule has 1 aromatic heterocycles. The molecule has 3 aromatic rings. The normalized spacial score (nSPS) is 16.8. The Balaban J connectivity index is 1.42. The van der Waals surface area contributed by atoms with Crippen LogP contribution in [0.15, 0.2) is 77.3 Å². The summed E-state index contributed by atoms with van der Waals surface area (Å²) >= 11 is 0. The monoisotopic (exact) mass is 587 g/mol. The summed E-state index contributed by atoms with van der Waals surface area (Å²) in [5.74, 6) is -1.03. The number of fused-ring (bicyclic) bond motifs is 1. The molecule has 3 amide bonds. The maximum atomic E-state index is 15.0. The Morgan fingerprint density at radius 3 is 2.40 bits per heavy atom. The molecule has 43 heavy (non-hydrogen) atoms. The molecule has 2 aliphatic heterocycles. The van der Waals surface area contributed by atoms with Gasteiger partial charge in [0.25, 0.3) is 0 Å². The predicted molar refractivity (Wildman–Crippen MR) is 165 cm³/mol. The SMILES string of the molecule is CNC1=CCC2=CN(c3ccc(F)c(NC(=O)Nc4cn(C(C)(C)C)nc4-c4ccc(F)cc4)c3)C(=O)C(C(C)C)C2=N1. The summed E-state index contributed by atoms with van der Waals surface area (Å²) in [6.45, 7) is 9.80. The molecule has 0 saturated heterocycles.